The Morgan fingerprint density at radius 1 is 1.20 bits per heavy atom. The van der Waals surface area contributed by atoms with E-state index in [1.54, 1.807) is 0 Å². The number of carbonyl (C=O) groups is 1. The molecule has 1 N–H and O–H groups in total. The Balaban J connectivity index is 2.05. The summed E-state index contributed by atoms with van der Waals surface area (Å²) in [6.07, 6.45) is 3.20. The zero-order valence-corrected chi connectivity index (χ0v) is 15.4. The van der Waals surface area contributed by atoms with Crippen molar-refractivity contribution in [1.29, 1.82) is 0 Å². The normalized spacial score (nSPS) is 27.6. The molecule has 138 valence electrons. The largest absolute Gasteiger partial charge is 0.342 e. The van der Waals surface area contributed by atoms with Crippen LogP contribution in [0.25, 0.3) is 0 Å². The number of hydrogen-bond donors (Lipinski definition) is 1. The van der Waals surface area contributed by atoms with Gasteiger partial charge in [-0.25, -0.2) is 8.78 Å². The molecule has 2 aliphatic rings. The van der Waals surface area contributed by atoms with Crippen LogP contribution in [0.15, 0.2) is 18.2 Å². The Morgan fingerprint density at radius 2 is 1.88 bits per heavy atom. The molecule has 1 aromatic carbocycles. The van der Waals surface area contributed by atoms with Crippen LogP contribution in [0.2, 0.25) is 0 Å². The summed E-state index contributed by atoms with van der Waals surface area (Å²) in [6.45, 7) is 8.75. The van der Waals surface area contributed by atoms with Crippen molar-refractivity contribution in [2.24, 2.45) is 10.8 Å². The molecule has 25 heavy (non-hydrogen) atoms. The van der Waals surface area contributed by atoms with Crippen LogP contribution in [0.4, 0.5) is 8.78 Å². The molecule has 2 atom stereocenters. The number of benzene rings is 1. The third-order valence-electron chi connectivity index (χ3n) is 6.05. The number of piperidine rings is 1. The number of rotatable bonds is 2. The van der Waals surface area contributed by atoms with Gasteiger partial charge in [0.2, 0.25) is 5.91 Å². The first kappa shape index (κ1) is 18.3. The Bertz CT molecular complexity index is 650. The second-order valence-electron chi connectivity index (χ2n) is 8.42. The fourth-order valence-electron chi connectivity index (χ4n) is 4.58. The summed E-state index contributed by atoms with van der Waals surface area (Å²) in [5.74, 6) is -1.34. The molecule has 0 bridgehead atoms. The Morgan fingerprint density at radius 3 is 2.48 bits per heavy atom. The standard InChI is InChI=1S/C20H28F2N2O/c1-19(2,3)20(18(25)24-9-5-4-6-10-24)13-23-12-16(20)15-8-7-14(21)11-17(15)22/h7-8,11,16,23H,4-6,9-10,12-13H2,1-3H3/t16-,20+/m0/s1. The van der Waals surface area contributed by atoms with Crippen LogP contribution in [-0.4, -0.2) is 37.0 Å². The van der Waals surface area contributed by atoms with Gasteiger partial charge < -0.3 is 10.2 Å². The van der Waals surface area contributed by atoms with Gasteiger partial charge in [0.15, 0.2) is 0 Å². The van der Waals surface area contributed by atoms with Crippen molar-refractivity contribution in [3.8, 4) is 0 Å². The molecule has 2 saturated heterocycles. The van der Waals surface area contributed by atoms with E-state index in [4.69, 9.17) is 0 Å². The molecular formula is C20H28F2N2O. The predicted molar refractivity (Wildman–Crippen MR) is 94.3 cm³/mol. The summed E-state index contributed by atoms with van der Waals surface area (Å²) in [4.78, 5) is 15.6. The number of likely N-dealkylation sites (tertiary alicyclic amines) is 1. The average molecular weight is 350 g/mol. The molecule has 1 amide bonds. The van der Waals surface area contributed by atoms with Gasteiger partial charge in [0.05, 0.1) is 5.41 Å². The molecule has 0 unspecified atom stereocenters. The number of nitrogens with zero attached hydrogens (tertiary/aromatic N) is 1. The van der Waals surface area contributed by atoms with E-state index in [-0.39, 0.29) is 17.2 Å². The van der Waals surface area contributed by atoms with Gasteiger partial charge in [-0.2, -0.15) is 0 Å². The number of hydrogen-bond acceptors (Lipinski definition) is 2. The van der Waals surface area contributed by atoms with E-state index in [0.29, 0.717) is 18.7 Å². The number of nitrogens with one attached hydrogen (secondary N) is 1. The van der Waals surface area contributed by atoms with Gasteiger partial charge in [0.1, 0.15) is 11.6 Å². The molecule has 2 fully saturated rings. The SMILES string of the molecule is CC(C)(C)[C@]1(C(=O)N2CCCCC2)CNC[C@H]1c1ccc(F)cc1F. The summed E-state index contributed by atoms with van der Waals surface area (Å²) in [7, 11) is 0. The second-order valence-corrected chi connectivity index (χ2v) is 8.42. The smallest absolute Gasteiger partial charge is 0.231 e. The van der Waals surface area contributed by atoms with E-state index in [2.05, 4.69) is 26.1 Å². The highest BCUT2D eigenvalue weighted by atomic mass is 19.1. The first-order chi connectivity index (χ1) is 11.8. The van der Waals surface area contributed by atoms with Crippen molar-refractivity contribution in [2.45, 2.75) is 46.0 Å². The van der Waals surface area contributed by atoms with Crippen LogP contribution < -0.4 is 5.32 Å². The maximum absolute atomic E-state index is 14.5. The van der Waals surface area contributed by atoms with Gasteiger partial charge >= 0.3 is 0 Å². The van der Waals surface area contributed by atoms with Crippen molar-refractivity contribution >= 4 is 5.91 Å². The van der Waals surface area contributed by atoms with E-state index in [1.165, 1.54) is 12.1 Å². The minimum Gasteiger partial charge on any atom is -0.342 e. The molecule has 2 heterocycles. The molecule has 3 nitrogen and oxygen atoms in total. The summed E-state index contributed by atoms with van der Waals surface area (Å²) in [5, 5.41) is 3.32. The lowest BCUT2D eigenvalue weighted by Gasteiger charge is -2.47. The molecule has 5 heteroatoms. The van der Waals surface area contributed by atoms with Crippen molar-refractivity contribution in [2.75, 3.05) is 26.2 Å². The van der Waals surface area contributed by atoms with Gasteiger partial charge in [-0.15, -0.1) is 0 Å². The predicted octanol–water partition coefficient (Wildman–Crippen LogP) is 3.70. The molecule has 0 saturated carbocycles. The molecule has 0 aliphatic carbocycles. The first-order valence-electron chi connectivity index (χ1n) is 9.22. The molecule has 0 radical (unpaired) electrons. The van der Waals surface area contributed by atoms with Crippen molar-refractivity contribution in [3.05, 3.63) is 35.4 Å². The van der Waals surface area contributed by atoms with Crippen molar-refractivity contribution in [1.82, 2.24) is 10.2 Å². The van der Waals surface area contributed by atoms with Gasteiger partial charge in [0.25, 0.3) is 0 Å². The van der Waals surface area contributed by atoms with E-state index in [0.717, 1.165) is 38.4 Å². The van der Waals surface area contributed by atoms with Crippen LogP contribution in [0.1, 0.15) is 51.5 Å². The van der Waals surface area contributed by atoms with Crippen LogP contribution >= 0.6 is 0 Å². The van der Waals surface area contributed by atoms with Gasteiger partial charge in [0, 0.05) is 38.2 Å². The fraction of sp³-hybridized carbons (Fsp3) is 0.650. The highest BCUT2D eigenvalue weighted by Gasteiger charge is 2.58. The Kier molecular flexibility index (Phi) is 4.89. The van der Waals surface area contributed by atoms with Crippen LogP contribution in [0, 0.1) is 22.5 Å². The number of amides is 1. The molecule has 0 aromatic heterocycles. The second kappa shape index (κ2) is 6.67. The molecule has 2 aliphatic heterocycles. The molecule has 1 aromatic rings. The van der Waals surface area contributed by atoms with Gasteiger partial charge in [-0.1, -0.05) is 26.8 Å². The highest BCUT2D eigenvalue weighted by Crippen LogP contribution is 2.53. The topological polar surface area (TPSA) is 32.3 Å². The van der Waals surface area contributed by atoms with Crippen molar-refractivity contribution < 1.29 is 13.6 Å². The number of carbonyl (C=O) groups excluding carboxylic acids is 1. The first-order valence-corrected chi connectivity index (χ1v) is 9.22. The monoisotopic (exact) mass is 350 g/mol. The van der Waals surface area contributed by atoms with Gasteiger partial charge in [-0.05, 0) is 36.3 Å². The maximum Gasteiger partial charge on any atom is 0.231 e. The third kappa shape index (κ3) is 3.07. The lowest BCUT2D eigenvalue weighted by Crippen LogP contribution is -2.55. The zero-order valence-electron chi connectivity index (χ0n) is 15.4. The van der Waals surface area contributed by atoms with E-state index < -0.39 is 17.0 Å². The Hall–Kier alpha value is -1.49. The van der Waals surface area contributed by atoms with Gasteiger partial charge in [-0.3, -0.25) is 4.79 Å². The molecular weight excluding hydrogens is 322 g/mol. The average Bonchev–Trinajstić information content (AvgIpc) is 3.00. The quantitative estimate of drug-likeness (QED) is 0.882. The van der Waals surface area contributed by atoms with E-state index >= 15 is 0 Å². The van der Waals surface area contributed by atoms with Crippen LogP contribution in [0.5, 0.6) is 0 Å². The minimum atomic E-state index is -0.733. The summed E-state index contributed by atoms with van der Waals surface area (Å²) < 4.78 is 27.9. The van der Waals surface area contributed by atoms with Crippen LogP contribution in [-0.2, 0) is 4.79 Å². The fourth-order valence-corrected chi connectivity index (χ4v) is 4.58. The third-order valence-corrected chi connectivity index (χ3v) is 6.05. The zero-order chi connectivity index (χ0) is 18.2. The number of halogens is 2. The molecule has 3 rings (SSSR count). The highest BCUT2D eigenvalue weighted by molar-refractivity contribution is 5.86. The summed E-state index contributed by atoms with van der Waals surface area (Å²) >= 11 is 0. The van der Waals surface area contributed by atoms with E-state index in [9.17, 15) is 13.6 Å². The molecule has 0 spiro atoms. The lowest BCUT2D eigenvalue weighted by atomic mass is 9.58. The minimum absolute atomic E-state index is 0.110. The van der Waals surface area contributed by atoms with E-state index in [1.807, 2.05) is 4.90 Å². The van der Waals surface area contributed by atoms with Crippen molar-refractivity contribution in [3.63, 3.8) is 0 Å². The maximum atomic E-state index is 14.5. The van der Waals surface area contributed by atoms with Crippen LogP contribution in [0.3, 0.4) is 0 Å². The summed E-state index contributed by atoms with van der Waals surface area (Å²) in [5.41, 5.74) is -0.647. The summed E-state index contributed by atoms with van der Waals surface area (Å²) in [6, 6.07) is 3.72. The lowest BCUT2D eigenvalue weighted by molar-refractivity contribution is -0.150. The Labute approximate surface area is 148 Å².